The molecule has 198 valence electrons. The lowest BCUT2D eigenvalue weighted by molar-refractivity contribution is -0.120. The van der Waals surface area contributed by atoms with Gasteiger partial charge in [0.15, 0.2) is 5.78 Å². The van der Waals surface area contributed by atoms with E-state index in [0.717, 1.165) is 4.90 Å². The summed E-state index contributed by atoms with van der Waals surface area (Å²) in [5.41, 5.74) is 1.65. The van der Waals surface area contributed by atoms with Crippen molar-refractivity contribution >= 4 is 75.4 Å². The van der Waals surface area contributed by atoms with Crippen LogP contribution in [0.4, 0.5) is 17.1 Å². The number of halogens is 3. The molecule has 40 heavy (non-hydrogen) atoms. The second-order valence-electron chi connectivity index (χ2n) is 8.66. The van der Waals surface area contributed by atoms with Crippen LogP contribution in [0.3, 0.4) is 0 Å². The van der Waals surface area contributed by atoms with Gasteiger partial charge in [-0.25, -0.2) is 4.90 Å². The van der Waals surface area contributed by atoms with Crippen molar-refractivity contribution in [2.24, 2.45) is 0 Å². The monoisotopic (exact) mass is 589 g/mol. The van der Waals surface area contributed by atoms with E-state index in [0.29, 0.717) is 21.3 Å². The Morgan fingerprint density at radius 2 is 1.38 bits per heavy atom. The van der Waals surface area contributed by atoms with Crippen molar-refractivity contribution in [3.63, 3.8) is 0 Å². The molecule has 0 aliphatic carbocycles. The maximum atomic E-state index is 13.2. The Balaban J connectivity index is 1.37. The van der Waals surface area contributed by atoms with E-state index in [9.17, 15) is 19.2 Å². The van der Waals surface area contributed by atoms with Crippen LogP contribution < -0.4 is 15.5 Å². The molecule has 0 spiro atoms. The van der Waals surface area contributed by atoms with Crippen LogP contribution in [0.2, 0.25) is 10.0 Å². The van der Waals surface area contributed by atoms with Crippen LogP contribution in [0.25, 0.3) is 0 Å². The molecule has 4 aromatic carbocycles. The first-order chi connectivity index (χ1) is 19.2. The van der Waals surface area contributed by atoms with Gasteiger partial charge in [-0.2, -0.15) is 0 Å². The average molecular weight is 591 g/mol. The highest BCUT2D eigenvalue weighted by molar-refractivity contribution is 6.53. The maximum Gasteiger partial charge on any atom is 0.283 e. The smallest absolute Gasteiger partial charge is 0.283 e. The summed E-state index contributed by atoms with van der Waals surface area (Å²) in [7, 11) is 0. The molecule has 1 heterocycles. The zero-order valence-corrected chi connectivity index (χ0v) is 22.7. The standard InChI is InChI=1S/C30H18Cl3N3O4/c31-19-9-5-11-22(15-19)36-29(39)25(33)26(30(36)40)34-21-10-4-8-18(14-21)28(38)35-24-13-12-20(32)16-23(24)27(37)17-6-2-1-3-7-17/h1-16,34H,(H,35,38). The highest BCUT2D eigenvalue weighted by Crippen LogP contribution is 2.31. The molecule has 2 N–H and O–H groups in total. The molecule has 0 radical (unpaired) electrons. The number of hydrogen-bond acceptors (Lipinski definition) is 5. The Morgan fingerprint density at radius 1 is 0.675 bits per heavy atom. The molecular weight excluding hydrogens is 573 g/mol. The molecule has 1 aliphatic rings. The van der Waals surface area contributed by atoms with Gasteiger partial charge >= 0.3 is 0 Å². The number of anilines is 3. The third-order valence-electron chi connectivity index (χ3n) is 6.00. The summed E-state index contributed by atoms with van der Waals surface area (Å²) in [6, 6.07) is 25.8. The Labute approximate surface area is 244 Å². The first-order valence-electron chi connectivity index (χ1n) is 11.8. The normalized spacial score (nSPS) is 13.0. The molecule has 7 nitrogen and oxygen atoms in total. The number of nitrogens with zero attached hydrogens (tertiary/aromatic N) is 1. The SMILES string of the molecule is O=C(Nc1ccc(Cl)cc1C(=O)c1ccccc1)c1cccc(NC2=C(Cl)C(=O)N(c3cccc(Cl)c3)C2=O)c1. The fraction of sp³-hybridized carbons (Fsp3) is 0. The van der Waals surface area contributed by atoms with E-state index < -0.39 is 17.7 Å². The lowest BCUT2D eigenvalue weighted by atomic mass is 10.0. The van der Waals surface area contributed by atoms with Crippen LogP contribution in [0.1, 0.15) is 26.3 Å². The van der Waals surface area contributed by atoms with E-state index in [4.69, 9.17) is 34.8 Å². The number of carbonyl (C=O) groups is 4. The Kier molecular flexibility index (Phi) is 7.71. The topological polar surface area (TPSA) is 95.6 Å². The Morgan fingerprint density at radius 3 is 2.12 bits per heavy atom. The van der Waals surface area contributed by atoms with Crippen LogP contribution in [0.5, 0.6) is 0 Å². The highest BCUT2D eigenvalue weighted by atomic mass is 35.5. The summed E-state index contributed by atoms with van der Waals surface area (Å²) in [5.74, 6) is -2.19. The van der Waals surface area contributed by atoms with Crippen LogP contribution in [0, 0.1) is 0 Å². The minimum absolute atomic E-state index is 0.141. The van der Waals surface area contributed by atoms with Crippen LogP contribution in [0.15, 0.2) is 108 Å². The lowest BCUT2D eigenvalue weighted by Crippen LogP contribution is -2.32. The molecule has 0 unspecified atom stereocenters. The molecule has 10 heteroatoms. The van der Waals surface area contributed by atoms with Gasteiger partial charge < -0.3 is 10.6 Å². The van der Waals surface area contributed by atoms with Crippen molar-refractivity contribution in [3.8, 4) is 0 Å². The van der Waals surface area contributed by atoms with Gasteiger partial charge in [-0.1, -0.05) is 77.3 Å². The van der Waals surface area contributed by atoms with E-state index in [-0.39, 0.29) is 39.0 Å². The third-order valence-corrected chi connectivity index (χ3v) is 6.82. The second-order valence-corrected chi connectivity index (χ2v) is 9.91. The molecule has 0 atom stereocenters. The molecule has 1 aliphatic heterocycles. The van der Waals surface area contributed by atoms with Gasteiger partial charge in [-0.15, -0.1) is 0 Å². The van der Waals surface area contributed by atoms with Crippen molar-refractivity contribution in [1.29, 1.82) is 0 Å². The van der Waals surface area contributed by atoms with Gasteiger partial charge in [0.05, 0.1) is 11.4 Å². The van der Waals surface area contributed by atoms with Crippen molar-refractivity contribution in [3.05, 3.63) is 135 Å². The van der Waals surface area contributed by atoms with Gasteiger partial charge in [0.2, 0.25) is 0 Å². The van der Waals surface area contributed by atoms with Crippen molar-refractivity contribution in [2.45, 2.75) is 0 Å². The average Bonchev–Trinajstić information content (AvgIpc) is 3.17. The largest absolute Gasteiger partial charge is 0.350 e. The number of carbonyl (C=O) groups excluding carboxylic acids is 4. The summed E-state index contributed by atoms with van der Waals surface area (Å²) in [5, 5.41) is 6.01. The number of nitrogens with one attached hydrogen (secondary N) is 2. The van der Waals surface area contributed by atoms with Crippen molar-refractivity contribution in [2.75, 3.05) is 15.5 Å². The van der Waals surface area contributed by atoms with Gasteiger partial charge in [0.25, 0.3) is 17.7 Å². The lowest BCUT2D eigenvalue weighted by Gasteiger charge is -2.15. The number of rotatable bonds is 7. The summed E-state index contributed by atoms with van der Waals surface area (Å²) in [6.45, 7) is 0. The molecular formula is C30H18Cl3N3O4. The predicted octanol–water partition coefficient (Wildman–Crippen LogP) is 6.91. The summed E-state index contributed by atoms with van der Waals surface area (Å²) in [4.78, 5) is 53.0. The Hall–Kier alpha value is -4.43. The second kappa shape index (κ2) is 11.4. The fourth-order valence-corrected chi connectivity index (χ4v) is 4.67. The number of benzene rings is 4. The van der Waals surface area contributed by atoms with Crippen molar-refractivity contribution < 1.29 is 19.2 Å². The number of imide groups is 1. The molecule has 0 saturated carbocycles. The molecule has 0 aromatic heterocycles. The molecule has 5 rings (SSSR count). The number of ketones is 1. The minimum atomic E-state index is -0.705. The number of hydrogen-bond donors (Lipinski definition) is 2. The van der Waals surface area contributed by atoms with Gasteiger partial charge in [-0.3, -0.25) is 19.2 Å². The summed E-state index contributed by atoms with van der Waals surface area (Å²) in [6.07, 6.45) is 0. The predicted molar refractivity (Wildman–Crippen MR) is 156 cm³/mol. The zero-order valence-electron chi connectivity index (χ0n) is 20.5. The first kappa shape index (κ1) is 27.1. The van der Waals surface area contributed by atoms with E-state index in [2.05, 4.69) is 10.6 Å². The van der Waals surface area contributed by atoms with E-state index in [1.165, 1.54) is 18.2 Å². The van der Waals surface area contributed by atoms with Crippen molar-refractivity contribution in [1.82, 2.24) is 0 Å². The molecule has 4 aromatic rings. The van der Waals surface area contributed by atoms with Crippen LogP contribution in [-0.2, 0) is 9.59 Å². The zero-order chi connectivity index (χ0) is 28.4. The number of amides is 3. The van der Waals surface area contributed by atoms with Crippen LogP contribution >= 0.6 is 34.8 Å². The fourth-order valence-electron chi connectivity index (χ4n) is 4.10. The molecule has 0 bridgehead atoms. The quantitative estimate of drug-likeness (QED) is 0.180. The summed E-state index contributed by atoms with van der Waals surface area (Å²) >= 11 is 18.4. The minimum Gasteiger partial charge on any atom is -0.350 e. The Bertz CT molecular complexity index is 1720. The molecule has 3 amide bonds. The van der Waals surface area contributed by atoms with Gasteiger partial charge in [0, 0.05) is 32.4 Å². The van der Waals surface area contributed by atoms with E-state index >= 15 is 0 Å². The maximum absolute atomic E-state index is 13.2. The van der Waals surface area contributed by atoms with Crippen LogP contribution in [-0.4, -0.2) is 23.5 Å². The first-order valence-corrected chi connectivity index (χ1v) is 13.0. The van der Waals surface area contributed by atoms with Gasteiger partial charge in [0.1, 0.15) is 10.7 Å². The third kappa shape index (κ3) is 5.49. The van der Waals surface area contributed by atoms with Gasteiger partial charge in [-0.05, 0) is 54.6 Å². The highest BCUT2D eigenvalue weighted by Gasteiger charge is 2.39. The summed E-state index contributed by atoms with van der Waals surface area (Å²) < 4.78 is 0. The van der Waals surface area contributed by atoms with E-state index in [1.807, 2.05) is 0 Å². The van der Waals surface area contributed by atoms with E-state index in [1.54, 1.807) is 78.9 Å². The molecule has 0 fully saturated rings. The molecule has 0 saturated heterocycles.